The molecule has 4 nitrogen and oxygen atoms in total. The highest BCUT2D eigenvalue weighted by atomic mass is 32.2. The normalized spacial score (nSPS) is 33.6. The molecule has 1 heterocycles. The molecule has 3 atom stereocenters. The number of carboxylic acid groups (broad SMARTS) is 1. The number of thioether (sulfide) groups is 1. The molecular weight excluding hydrogens is 262 g/mol. The highest BCUT2D eigenvalue weighted by Crippen LogP contribution is 2.59. The third-order valence-corrected chi connectivity index (χ3v) is 5.82. The number of rotatable bonds is 3. The second-order valence-corrected chi connectivity index (χ2v) is 7.37. The van der Waals surface area contributed by atoms with Gasteiger partial charge in [0.2, 0.25) is 5.91 Å². The minimum Gasteiger partial charge on any atom is -0.481 e. The van der Waals surface area contributed by atoms with Crippen LogP contribution in [0.1, 0.15) is 33.1 Å². The van der Waals surface area contributed by atoms with Crippen LogP contribution in [0.5, 0.6) is 0 Å². The minimum absolute atomic E-state index is 0.0548. The molecule has 5 heteroatoms. The predicted octanol–water partition coefficient (Wildman–Crippen LogP) is 2.09. The van der Waals surface area contributed by atoms with Crippen molar-refractivity contribution in [2.45, 2.75) is 38.4 Å². The van der Waals surface area contributed by atoms with Gasteiger partial charge < -0.3 is 10.0 Å². The highest BCUT2D eigenvalue weighted by molar-refractivity contribution is 7.99. The van der Waals surface area contributed by atoms with Crippen molar-refractivity contribution in [1.29, 1.82) is 0 Å². The summed E-state index contributed by atoms with van der Waals surface area (Å²) in [6, 6.07) is 0. The third kappa shape index (κ3) is 2.76. The summed E-state index contributed by atoms with van der Waals surface area (Å²) >= 11 is 1.87. The van der Waals surface area contributed by atoms with E-state index in [1.807, 2.05) is 30.5 Å². The number of hydrogen-bond donors (Lipinski definition) is 1. The van der Waals surface area contributed by atoms with Crippen molar-refractivity contribution >= 4 is 23.6 Å². The summed E-state index contributed by atoms with van der Waals surface area (Å²) in [5, 5.41) is 9.81. The van der Waals surface area contributed by atoms with Crippen molar-refractivity contribution in [1.82, 2.24) is 4.90 Å². The van der Waals surface area contributed by atoms with E-state index in [4.69, 9.17) is 5.11 Å². The van der Waals surface area contributed by atoms with Crippen molar-refractivity contribution in [3.63, 3.8) is 0 Å². The lowest BCUT2D eigenvalue weighted by atomic mass is 10.1. The van der Waals surface area contributed by atoms with E-state index in [1.54, 1.807) is 0 Å². The molecule has 1 aliphatic carbocycles. The number of carbonyl (C=O) groups is 2. The molecule has 1 saturated heterocycles. The van der Waals surface area contributed by atoms with Gasteiger partial charge >= 0.3 is 5.97 Å². The van der Waals surface area contributed by atoms with Gasteiger partial charge in [-0.25, -0.2) is 0 Å². The molecule has 19 heavy (non-hydrogen) atoms. The Morgan fingerprint density at radius 3 is 2.42 bits per heavy atom. The number of likely N-dealkylation sites (tertiary alicyclic amines) is 1. The van der Waals surface area contributed by atoms with Crippen LogP contribution in [-0.4, -0.2) is 46.5 Å². The van der Waals surface area contributed by atoms with Gasteiger partial charge in [-0.05, 0) is 30.9 Å². The van der Waals surface area contributed by atoms with Crippen LogP contribution >= 0.6 is 11.8 Å². The van der Waals surface area contributed by atoms with Gasteiger partial charge in [-0.3, -0.25) is 9.59 Å². The molecule has 1 amide bonds. The first-order valence-corrected chi connectivity index (χ1v) is 8.22. The molecule has 1 N–H and O–H groups in total. The first-order valence-electron chi connectivity index (χ1n) is 6.94. The molecule has 0 spiro atoms. The molecule has 0 aromatic heterocycles. The van der Waals surface area contributed by atoms with Crippen LogP contribution in [0.4, 0.5) is 0 Å². The number of hydrogen-bond acceptors (Lipinski definition) is 3. The van der Waals surface area contributed by atoms with Gasteiger partial charge in [0.1, 0.15) is 0 Å². The zero-order valence-corrected chi connectivity index (χ0v) is 12.7. The first kappa shape index (κ1) is 14.7. The summed E-state index contributed by atoms with van der Waals surface area (Å²) in [5.41, 5.74) is -0.381. The summed E-state index contributed by atoms with van der Waals surface area (Å²) in [5.74, 6) is -1.60. The van der Waals surface area contributed by atoms with Crippen molar-refractivity contribution in [3.05, 3.63) is 0 Å². The molecule has 108 valence electrons. The maximum Gasteiger partial charge on any atom is 0.307 e. The van der Waals surface area contributed by atoms with E-state index < -0.39 is 11.9 Å². The largest absolute Gasteiger partial charge is 0.481 e. The minimum atomic E-state index is -0.833. The van der Waals surface area contributed by atoms with Crippen LogP contribution in [0, 0.1) is 17.3 Å². The Kier molecular flexibility index (Phi) is 4.14. The smallest absolute Gasteiger partial charge is 0.307 e. The second kappa shape index (κ2) is 5.35. The van der Waals surface area contributed by atoms with Gasteiger partial charge in [0, 0.05) is 18.3 Å². The molecule has 0 radical (unpaired) electrons. The number of carboxylic acids is 1. The Bertz CT molecular complexity index is 383. The second-order valence-electron chi connectivity index (χ2n) is 6.23. The van der Waals surface area contributed by atoms with E-state index in [0.29, 0.717) is 5.25 Å². The van der Waals surface area contributed by atoms with E-state index in [1.165, 1.54) is 0 Å². The van der Waals surface area contributed by atoms with Crippen LogP contribution in [0.2, 0.25) is 0 Å². The Balaban J connectivity index is 1.99. The van der Waals surface area contributed by atoms with E-state index >= 15 is 0 Å². The molecule has 3 unspecified atom stereocenters. The van der Waals surface area contributed by atoms with Gasteiger partial charge in [-0.15, -0.1) is 0 Å². The van der Waals surface area contributed by atoms with Crippen LogP contribution in [0.3, 0.4) is 0 Å². The van der Waals surface area contributed by atoms with Gasteiger partial charge in [0.05, 0.1) is 11.8 Å². The van der Waals surface area contributed by atoms with Crippen molar-refractivity contribution in [2.24, 2.45) is 17.3 Å². The quantitative estimate of drug-likeness (QED) is 0.862. The fourth-order valence-corrected chi connectivity index (χ4v) is 4.02. The van der Waals surface area contributed by atoms with Gasteiger partial charge in [-0.1, -0.05) is 13.8 Å². The average molecular weight is 285 g/mol. The van der Waals surface area contributed by atoms with Crippen molar-refractivity contribution in [2.75, 3.05) is 19.3 Å². The standard InChI is InChI=1S/C14H23NO3S/c1-14(2)10(11(14)13(17)18)12(16)15-7-4-5-9(19-3)6-8-15/h9-11H,4-8H2,1-3H3,(H,17,18). The number of amides is 1. The zero-order valence-electron chi connectivity index (χ0n) is 11.9. The summed E-state index contributed by atoms with van der Waals surface area (Å²) in [6.07, 6.45) is 5.33. The number of aliphatic carboxylic acids is 1. The molecule has 2 fully saturated rings. The molecule has 1 aliphatic heterocycles. The summed E-state index contributed by atoms with van der Waals surface area (Å²) in [7, 11) is 0. The molecule has 2 rings (SSSR count). The van der Waals surface area contributed by atoms with Crippen molar-refractivity contribution < 1.29 is 14.7 Å². The zero-order chi connectivity index (χ0) is 14.2. The van der Waals surface area contributed by atoms with Gasteiger partial charge in [0.15, 0.2) is 0 Å². The molecular formula is C14H23NO3S. The SMILES string of the molecule is CSC1CCCN(C(=O)C2C(C(=O)O)C2(C)C)CC1. The Morgan fingerprint density at radius 2 is 1.89 bits per heavy atom. The predicted molar refractivity (Wildman–Crippen MR) is 76.1 cm³/mol. The number of carbonyl (C=O) groups excluding carboxylic acids is 1. The Morgan fingerprint density at radius 1 is 1.21 bits per heavy atom. The summed E-state index contributed by atoms with van der Waals surface area (Å²) in [4.78, 5) is 25.6. The highest BCUT2D eigenvalue weighted by Gasteiger charge is 2.66. The molecule has 2 aliphatic rings. The van der Waals surface area contributed by atoms with Crippen LogP contribution in [-0.2, 0) is 9.59 Å². The van der Waals surface area contributed by atoms with Crippen LogP contribution in [0.25, 0.3) is 0 Å². The maximum atomic E-state index is 12.5. The van der Waals surface area contributed by atoms with Gasteiger partial charge in [-0.2, -0.15) is 11.8 Å². The fourth-order valence-electron chi connectivity index (χ4n) is 3.28. The van der Waals surface area contributed by atoms with Crippen LogP contribution in [0.15, 0.2) is 0 Å². The number of nitrogens with zero attached hydrogens (tertiary/aromatic N) is 1. The lowest BCUT2D eigenvalue weighted by Crippen LogP contribution is -2.34. The lowest BCUT2D eigenvalue weighted by molar-refractivity contribution is -0.142. The maximum absolute atomic E-state index is 12.5. The van der Waals surface area contributed by atoms with E-state index in [0.717, 1.165) is 32.4 Å². The molecule has 0 aromatic carbocycles. The third-order valence-electron chi connectivity index (χ3n) is 4.68. The van der Waals surface area contributed by atoms with Crippen molar-refractivity contribution in [3.8, 4) is 0 Å². The van der Waals surface area contributed by atoms with E-state index in [2.05, 4.69) is 6.26 Å². The molecule has 1 saturated carbocycles. The Hall–Kier alpha value is -0.710. The average Bonchev–Trinajstić information content (AvgIpc) is 3.00. The topological polar surface area (TPSA) is 57.6 Å². The van der Waals surface area contributed by atoms with Crippen LogP contribution < -0.4 is 0 Å². The Labute approximate surface area is 118 Å². The lowest BCUT2D eigenvalue weighted by Gasteiger charge is -2.21. The summed E-state index contributed by atoms with van der Waals surface area (Å²) < 4.78 is 0. The first-order chi connectivity index (χ1) is 8.89. The van der Waals surface area contributed by atoms with E-state index in [9.17, 15) is 9.59 Å². The monoisotopic (exact) mass is 285 g/mol. The molecule has 0 bridgehead atoms. The van der Waals surface area contributed by atoms with E-state index in [-0.39, 0.29) is 17.2 Å². The summed E-state index contributed by atoms with van der Waals surface area (Å²) in [6.45, 7) is 5.34. The molecule has 0 aromatic rings. The van der Waals surface area contributed by atoms with Gasteiger partial charge in [0.25, 0.3) is 0 Å². The fraction of sp³-hybridized carbons (Fsp3) is 0.857.